The first-order chi connectivity index (χ1) is 10.6. The number of hydrogen-bond donors (Lipinski definition) is 0. The molecule has 1 fully saturated rings. The first kappa shape index (κ1) is 16.4. The van der Waals surface area contributed by atoms with Gasteiger partial charge in [0.2, 0.25) is 0 Å². The van der Waals surface area contributed by atoms with Crippen molar-refractivity contribution in [3.05, 3.63) is 17.7 Å². The number of ether oxygens (including phenoxy) is 4. The highest BCUT2D eigenvalue weighted by Gasteiger charge is 2.35. The smallest absolute Gasteiger partial charge is 0.460 e. The van der Waals surface area contributed by atoms with E-state index >= 15 is 0 Å². The van der Waals surface area contributed by atoms with Crippen LogP contribution in [0, 0.1) is 0 Å². The van der Waals surface area contributed by atoms with Crippen molar-refractivity contribution in [2.45, 2.75) is 44.2 Å². The Morgan fingerprint density at radius 1 is 1.23 bits per heavy atom. The van der Waals surface area contributed by atoms with E-state index in [1.165, 1.54) is 0 Å². The monoisotopic (exact) mass is 310 g/mol. The maximum absolute atomic E-state index is 11.7. The zero-order valence-electron chi connectivity index (χ0n) is 12.3. The predicted molar refractivity (Wildman–Crippen MR) is 72.7 cm³/mol. The van der Waals surface area contributed by atoms with Crippen molar-refractivity contribution in [3.8, 4) is 0 Å². The van der Waals surface area contributed by atoms with Gasteiger partial charge in [0.05, 0.1) is 13.2 Å². The number of carbonyl (C=O) groups is 2. The number of rotatable bonds is 5. The quantitative estimate of drug-likeness (QED) is 0.184. The highest BCUT2D eigenvalue weighted by atomic mass is 16.7. The lowest BCUT2D eigenvalue weighted by Crippen LogP contribution is -2.32. The molecule has 1 saturated heterocycles. The van der Waals surface area contributed by atoms with Crippen LogP contribution in [0.15, 0.2) is 12.2 Å². The molecule has 0 amide bonds. The molecule has 0 aromatic rings. The molecule has 0 aromatic heterocycles. The molecule has 0 N–H and O–H groups in total. The molecule has 120 valence electrons. The minimum absolute atomic E-state index is 0.214. The fourth-order valence-corrected chi connectivity index (χ4v) is 2.29. The molecule has 0 aromatic carbocycles. The van der Waals surface area contributed by atoms with Crippen molar-refractivity contribution < 1.29 is 33.3 Å². The van der Waals surface area contributed by atoms with E-state index in [1.54, 1.807) is 12.2 Å². The van der Waals surface area contributed by atoms with Gasteiger partial charge in [-0.2, -0.15) is 4.79 Å². The van der Waals surface area contributed by atoms with Gasteiger partial charge in [0, 0.05) is 13.0 Å². The third-order valence-corrected chi connectivity index (χ3v) is 3.40. The highest BCUT2D eigenvalue weighted by Crippen LogP contribution is 2.22. The minimum atomic E-state index is -1.06. The second kappa shape index (κ2) is 7.84. The van der Waals surface area contributed by atoms with Gasteiger partial charge >= 0.3 is 17.7 Å². The molecule has 1 aliphatic carbocycles. The normalized spacial score (nSPS) is 27.0. The summed E-state index contributed by atoms with van der Waals surface area (Å²) in [5.41, 5.74) is 7.87. The fourth-order valence-electron chi connectivity index (χ4n) is 2.29. The van der Waals surface area contributed by atoms with Gasteiger partial charge in [-0.15, -0.1) is 0 Å². The Morgan fingerprint density at radius 2 is 2.00 bits per heavy atom. The average molecular weight is 310 g/mol. The van der Waals surface area contributed by atoms with Crippen LogP contribution < -0.4 is 0 Å². The second-order valence-electron chi connectivity index (χ2n) is 4.98. The summed E-state index contributed by atoms with van der Waals surface area (Å²) in [5, 5.41) is 0. The molecule has 0 radical (unpaired) electrons. The lowest BCUT2D eigenvalue weighted by molar-refractivity contribution is -0.181. The molecule has 8 heteroatoms. The molecular formula is C14H18N2O6. The molecule has 2 aliphatic rings. The molecule has 3 atom stereocenters. The number of hydrogen-bond acceptors (Lipinski definition) is 6. The maximum Gasteiger partial charge on any atom is 0.482 e. The molecule has 0 saturated carbocycles. The van der Waals surface area contributed by atoms with E-state index in [0.717, 1.165) is 26.4 Å². The zero-order valence-corrected chi connectivity index (χ0v) is 12.3. The zero-order chi connectivity index (χ0) is 15.9. The largest absolute Gasteiger partial charge is 0.482 e. The van der Waals surface area contributed by atoms with E-state index < -0.39 is 23.8 Å². The van der Waals surface area contributed by atoms with Crippen molar-refractivity contribution in [1.82, 2.24) is 0 Å². The van der Waals surface area contributed by atoms with E-state index in [-0.39, 0.29) is 12.4 Å². The van der Waals surface area contributed by atoms with Gasteiger partial charge in [0.15, 0.2) is 6.29 Å². The standard InChI is InChI=1S/C14H18N2O6/c1-19-13(17)12(16-15)14(18)22-10-6-5-9(8-10)21-11-4-2-3-7-20-11/h5-6,9-11H,2-4,7-8H2,1H3/t9-,10+,11?/m0/s1. The van der Waals surface area contributed by atoms with E-state index in [0.29, 0.717) is 13.0 Å². The molecule has 1 unspecified atom stereocenters. The fraction of sp³-hybridized carbons (Fsp3) is 0.643. The van der Waals surface area contributed by atoms with Crippen LogP contribution in [0.3, 0.4) is 0 Å². The molecule has 22 heavy (non-hydrogen) atoms. The lowest BCUT2D eigenvalue weighted by Gasteiger charge is -2.25. The number of methoxy groups -OCH3 is 1. The van der Waals surface area contributed by atoms with Crippen LogP contribution >= 0.6 is 0 Å². The molecule has 8 nitrogen and oxygen atoms in total. The summed E-state index contributed by atoms with van der Waals surface area (Å²) in [6.07, 6.45) is 5.82. The van der Waals surface area contributed by atoms with Crippen LogP contribution in [-0.2, 0) is 28.5 Å². The molecule has 2 rings (SSSR count). The Morgan fingerprint density at radius 3 is 2.64 bits per heavy atom. The van der Waals surface area contributed by atoms with Gasteiger partial charge in [0.1, 0.15) is 6.10 Å². The van der Waals surface area contributed by atoms with Gasteiger partial charge in [-0.25, -0.2) is 9.59 Å². The molecule has 1 heterocycles. The van der Waals surface area contributed by atoms with Crippen LogP contribution in [0.25, 0.3) is 5.53 Å². The first-order valence-corrected chi connectivity index (χ1v) is 7.10. The van der Waals surface area contributed by atoms with Gasteiger partial charge < -0.3 is 24.5 Å². The SMILES string of the molecule is COC(=O)C(=[N+]=[N-])C(=O)O[C@@H]1C=C[C@H](OC2CCCCO2)C1. The third-order valence-electron chi connectivity index (χ3n) is 3.40. The van der Waals surface area contributed by atoms with Crippen LogP contribution in [0.1, 0.15) is 25.7 Å². The number of esters is 2. The molecule has 1 aliphatic heterocycles. The summed E-state index contributed by atoms with van der Waals surface area (Å²) in [5.74, 6) is -2.10. The molecule has 0 bridgehead atoms. The predicted octanol–water partition coefficient (Wildman–Crippen LogP) is 0.614. The number of carbonyl (C=O) groups excluding carboxylic acids is 2. The van der Waals surface area contributed by atoms with Crippen LogP contribution in [0.4, 0.5) is 0 Å². The van der Waals surface area contributed by atoms with Gasteiger partial charge in [-0.3, -0.25) is 0 Å². The van der Waals surface area contributed by atoms with Crippen LogP contribution in [0.2, 0.25) is 0 Å². The summed E-state index contributed by atoms with van der Waals surface area (Å²) < 4.78 is 20.6. The van der Waals surface area contributed by atoms with Crippen molar-refractivity contribution in [1.29, 1.82) is 0 Å². The van der Waals surface area contributed by atoms with Crippen molar-refractivity contribution in [2.24, 2.45) is 0 Å². The summed E-state index contributed by atoms with van der Waals surface area (Å²) in [6.45, 7) is 0.689. The van der Waals surface area contributed by atoms with E-state index in [4.69, 9.17) is 19.7 Å². The van der Waals surface area contributed by atoms with Gasteiger partial charge in [0.25, 0.3) is 0 Å². The summed E-state index contributed by atoms with van der Waals surface area (Å²) in [7, 11) is 1.07. The average Bonchev–Trinajstić information content (AvgIpc) is 2.95. The van der Waals surface area contributed by atoms with Crippen molar-refractivity contribution >= 4 is 17.7 Å². The topological polar surface area (TPSA) is 107 Å². The van der Waals surface area contributed by atoms with E-state index in [1.807, 2.05) is 0 Å². The summed E-state index contributed by atoms with van der Waals surface area (Å²) >= 11 is 0. The van der Waals surface area contributed by atoms with Crippen LogP contribution in [-0.4, -0.2) is 54.7 Å². The Balaban J connectivity index is 1.81. The van der Waals surface area contributed by atoms with E-state index in [9.17, 15) is 9.59 Å². The Kier molecular flexibility index (Phi) is 5.83. The Bertz CT molecular complexity index is 505. The summed E-state index contributed by atoms with van der Waals surface area (Å²) in [4.78, 5) is 25.5. The lowest BCUT2D eigenvalue weighted by atomic mass is 10.2. The number of nitrogens with zero attached hydrogens (tertiary/aromatic N) is 2. The third kappa shape index (κ3) is 4.24. The van der Waals surface area contributed by atoms with Crippen molar-refractivity contribution in [2.75, 3.05) is 13.7 Å². The van der Waals surface area contributed by atoms with Gasteiger partial charge in [-0.1, -0.05) is 6.08 Å². The van der Waals surface area contributed by atoms with E-state index in [2.05, 4.69) is 9.53 Å². The minimum Gasteiger partial charge on any atom is -0.460 e. The Labute approximate surface area is 127 Å². The Hall–Kier alpha value is -2.02. The highest BCUT2D eigenvalue weighted by molar-refractivity contribution is 6.60. The second-order valence-corrected chi connectivity index (χ2v) is 4.98. The molecular weight excluding hydrogens is 292 g/mol. The summed E-state index contributed by atoms with van der Waals surface area (Å²) in [6, 6.07) is 0. The van der Waals surface area contributed by atoms with Crippen molar-refractivity contribution in [3.63, 3.8) is 0 Å². The maximum atomic E-state index is 11.7. The molecule has 0 spiro atoms. The van der Waals surface area contributed by atoms with Gasteiger partial charge in [-0.05, 0) is 25.3 Å². The van der Waals surface area contributed by atoms with Crippen LogP contribution in [0.5, 0.6) is 0 Å². The first-order valence-electron chi connectivity index (χ1n) is 7.10.